The van der Waals surface area contributed by atoms with E-state index in [9.17, 15) is 9.59 Å². The van der Waals surface area contributed by atoms with Gasteiger partial charge in [-0.1, -0.05) is 11.8 Å². The highest BCUT2D eigenvalue weighted by atomic mass is 35.5. The van der Waals surface area contributed by atoms with E-state index in [-0.39, 0.29) is 10.5 Å². The molecule has 0 atom stereocenters. The second kappa shape index (κ2) is 10.6. The van der Waals surface area contributed by atoms with Gasteiger partial charge >= 0.3 is 0 Å². The summed E-state index contributed by atoms with van der Waals surface area (Å²) < 4.78 is 0. The maximum absolute atomic E-state index is 10.4. The zero-order valence-corrected chi connectivity index (χ0v) is 10.3. The molecule has 0 saturated heterocycles. The summed E-state index contributed by atoms with van der Waals surface area (Å²) in [6.45, 7) is 0. The van der Waals surface area contributed by atoms with Gasteiger partial charge in [-0.05, 0) is 47.9 Å². The third-order valence-corrected chi connectivity index (χ3v) is 1.97. The van der Waals surface area contributed by atoms with Crippen LogP contribution in [-0.2, 0) is 9.59 Å². The molecule has 0 aromatic rings. The van der Waals surface area contributed by atoms with Gasteiger partial charge in [-0.15, -0.1) is 0 Å². The molecule has 0 unspecified atom stereocenters. The minimum absolute atomic E-state index is 0.335. The lowest BCUT2D eigenvalue weighted by atomic mass is 10.2. The summed E-state index contributed by atoms with van der Waals surface area (Å²) in [6, 6.07) is 0. The van der Waals surface area contributed by atoms with Crippen LogP contribution in [0.15, 0.2) is 0 Å². The normalized spacial score (nSPS) is 8.38. The number of halogens is 2. The Balaban J connectivity index is 3.48. The third-order valence-electron chi connectivity index (χ3n) is 1.59. The van der Waals surface area contributed by atoms with Crippen molar-refractivity contribution in [2.75, 3.05) is 0 Å². The van der Waals surface area contributed by atoms with Crippen molar-refractivity contribution >= 4 is 33.7 Å². The molecular weight excluding hydrogens is 247 g/mol. The first-order chi connectivity index (χ1) is 7.63. The minimum atomic E-state index is -0.335. The number of carbonyl (C=O) groups excluding carboxylic acids is 2. The van der Waals surface area contributed by atoms with Crippen LogP contribution in [0.1, 0.15) is 38.5 Å². The topological polar surface area (TPSA) is 34.1 Å². The van der Waals surface area contributed by atoms with Crippen LogP contribution in [0.3, 0.4) is 0 Å². The Labute approximate surface area is 106 Å². The molecule has 0 aliphatic rings. The number of hydrogen-bond donors (Lipinski definition) is 0. The highest BCUT2D eigenvalue weighted by Crippen LogP contribution is 1.98. The van der Waals surface area contributed by atoms with Gasteiger partial charge in [0.05, 0.1) is 0 Å². The Morgan fingerprint density at radius 1 is 0.812 bits per heavy atom. The molecular formula is C12H12Cl2O2. The fraction of sp³-hybridized carbons (Fsp3) is 0.500. The molecule has 0 N–H and O–H groups in total. The summed E-state index contributed by atoms with van der Waals surface area (Å²) in [5.41, 5.74) is 0. The zero-order valence-electron chi connectivity index (χ0n) is 8.82. The molecule has 4 heteroatoms. The molecule has 0 aliphatic carbocycles. The molecule has 0 aliphatic heterocycles. The zero-order chi connectivity index (χ0) is 12.2. The summed E-state index contributed by atoms with van der Waals surface area (Å²) in [6.07, 6.45) is 3.26. The molecule has 0 saturated carbocycles. The van der Waals surface area contributed by atoms with Crippen LogP contribution in [-0.4, -0.2) is 10.5 Å². The van der Waals surface area contributed by atoms with Gasteiger partial charge in [0, 0.05) is 25.7 Å². The second-order valence-corrected chi connectivity index (χ2v) is 3.86. The van der Waals surface area contributed by atoms with Crippen molar-refractivity contribution in [3.8, 4) is 23.7 Å². The van der Waals surface area contributed by atoms with Crippen LogP contribution in [0.25, 0.3) is 0 Å². The minimum Gasteiger partial charge on any atom is -0.281 e. The van der Waals surface area contributed by atoms with E-state index in [1.807, 2.05) is 0 Å². The molecule has 0 aromatic heterocycles. The van der Waals surface area contributed by atoms with E-state index in [2.05, 4.69) is 23.7 Å². The lowest BCUT2D eigenvalue weighted by molar-refractivity contribution is -0.112. The number of unbranched alkanes of at least 4 members (excludes halogenated alkanes) is 2. The molecule has 0 bridgehead atoms. The molecule has 16 heavy (non-hydrogen) atoms. The Bertz CT molecular complexity index is 317. The van der Waals surface area contributed by atoms with Gasteiger partial charge in [-0.2, -0.15) is 0 Å². The van der Waals surface area contributed by atoms with Gasteiger partial charge in [0.15, 0.2) is 0 Å². The highest BCUT2D eigenvalue weighted by molar-refractivity contribution is 6.63. The average molecular weight is 259 g/mol. The van der Waals surface area contributed by atoms with Gasteiger partial charge in [0.25, 0.3) is 0 Å². The van der Waals surface area contributed by atoms with Gasteiger partial charge in [0.1, 0.15) is 0 Å². The lowest BCUT2D eigenvalue weighted by Gasteiger charge is -1.86. The van der Waals surface area contributed by atoms with Crippen LogP contribution in [0.2, 0.25) is 0 Å². The highest BCUT2D eigenvalue weighted by Gasteiger charge is 1.93. The maximum Gasteiger partial charge on any atom is 0.221 e. The fourth-order valence-electron chi connectivity index (χ4n) is 0.845. The quantitative estimate of drug-likeness (QED) is 0.417. The fourth-order valence-corrected chi connectivity index (χ4v) is 1.11. The number of carbonyl (C=O) groups is 2. The molecule has 0 radical (unpaired) electrons. The number of rotatable bonds is 6. The largest absolute Gasteiger partial charge is 0.281 e. The van der Waals surface area contributed by atoms with Crippen molar-refractivity contribution in [1.82, 2.24) is 0 Å². The summed E-state index contributed by atoms with van der Waals surface area (Å²) in [5, 5.41) is -0.669. The first-order valence-electron chi connectivity index (χ1n) is 4.95. The van der Waals surface area contributed by atoms with E-state index in [4.69, 9.17) is 23.2 Å². The van der Waals surface area contributed by atoms with Crippen molar-refractivity contribution in [1.29, 1.82) is 0 Å². The van der Waals surface area contributed by atoms with Crippen molar-refractivity contribution in [3.63, 3.8) is 0 Å². The Kier molecular flexibility index (Phi) is 9.92. The summed E-state index contributed by atoms with van der Waals surface area (Å²) >= 11 is 10.3. The molecule has 0 heterocycles. The van der Waals surface area contributed by atoms with Gasteiger partial charge < -0.3 is 0 Å². The summed E-state index contributed by atoms with van der Waals surface area (Å²) in [4.78, 5) is 20.7. The summed E-state index contributed by atoms with van der Waals surface area (Å²) in [7, 11) is 0. The molecule has 0 amide bonds. The van der Waals surface area contributed by atoms with Crippen LogP contribution in [0.4, 0.5) is 0 Å². The van der Waals surface area contributed by atoms with E-state index in [0.29, 0.717) is 38.5 Å². The van der Waals surface area contributed by atoms with E-state index in [0.717, 1.165) is 0 Å². The van der Waals surface area contributed by atoms with Gasteiger partial charge in [-0.25, -0.2) is 0 Å². The first-order valence-corrected chi connectivity index (χ1v) is 5.71. The lowest BCUT2D eigenvalue weighted by Crippen LogP contribution is -1.84. The van der Waals surface area contributed by atoms with Crippen LogP contribution >= 0.6 is 23.2 Å². The molecule has 0 rings (SSSR count). The smallest absolute Gasteiger partial charge is 0.221 e. The Hall–Kier alpha value is -0.960. The Morgan fingerprint density at radius 3 is 1.50 bits per heavy atom. The first kappa shape index (κ1) is 15.0. The SMILES string of the molecule is O=C(Cl)CCCC#CC#CCCCC(=O)Cl. The monoisotopic (exact) mass is 258 g/mol. The second-order valence-electron chi connectivity index (χ2n) is 3.02. The van der Waals surface area contributed by atoms with Gasteiger partial charge in [-0.3, -0.25) is 9.59 Å². The van der Waals surface area contributed by atoms with Crippen molar-refractivity contribution in [3.05, 3.63) is 0 Å². The van der Waals surface area contributed by atoms with E-state index in [1.165, 1.54) is 0 Å². The maximum atomic E-state index is 10.4. The number of hydrogen-bond acceptors (Lipinski definition) is 2. The molecule has 0 spiro atoms. The van der Waals surface area contributed by atoms with E-state index < -0.39 is 0 Å². The van der Waals surface area contributed by atoms with E-state index >= 15 is 0 Å². The van der Waals surface area contributed by atoms with Crippen LogP contribution in [0.5, 0.6) is 0 Å². The van der Waals surface area contributed by atoms with Crippen molar-refractivity contribution in [2.45, 2.75) is 38.5 Å². The van der Waals surface area contributed by atoms with Gasteiger partial charge in [0.2, 0.25) is 10.5 Å². The Morgan fingerprint density at radius 2 is 1.19 bits per heavy atom. The average Bonchev–Trinajstić information content (AvgIpc) is 2.20. The predicted octanol–water partition coefficient (Wildman–Crippen LogP) is 2.86. The van der Waals surface area contributed by atoms with Crippen LogP contribution < -0.4 is 0 Å². The summed E-state index contributed by atoms with van der Waals surface area (Å²) in [5.74, 6) is 11.0. The van der Waals surface area contributed by atoms with Crippen LogP contribution in [0, 0.1) is 23.7 Å². The third kappa shape index (κ3) is 13.0. The molecule has 0 aromatic carbocycles. The molecule has 2 nitrogen and oxygen atoms in total. The van der Waals surface area contributed by atoms with Crippen molar-refractivity contribution in [2.24, 2.45) is 0 Å². The molecule has 86 valence electrons. The standard InChI is InChI=1S/C12H12Cl2O2/c13-11(15)9-7-5-3-1-2-4-6-8-10-12(14)16/h5-10H2. The predicted molar refractivity (Wildman–Crippen MR) is 65.0 cm³/mol. The molecule has 0 fully saturated rings. The van der Waals surface area contributed by atoms with Crippen molar-refractivity contribution < 1.29 is 9.59 Å². The van der Waals surface area contributed by atoms with E-state index in [1.54, 1.807) is 0 Å².